The molecule has 1 atom stereocenters. The summed E-state index contributed by atoms with van der Waals surface area (Å²) in [5.41, 5.74) is 2.89. The minimum absolute atomic E-state index is 0.376. The molecular weight excluding hydrogens is 472 g/mol. The molecule has 5 aromatic rings. The summed E-state index contributed by atoms with van der Waals surface area (Å²) in [6.45, 7) is 4.32. The number of fused-ring (bicyclic) bond motifs is 1. The second kappa shape index (κ2) is 9.66. The van der Waals surface area contributed by atoms with Gasteiger partial charge in [-0.15, -0.1) is 11.3 Å². The van der Waals surface area contributed by atoms with E-state index in [4.69, 9.17) is 9.47 Å². The van der Waals surface area contributed by atoms with Crippen LogP contribution in [0.25, 0.3) is 9.75 Å². The minimum Gasteiger partial charge on any atom is -0.457 e. The van der Waals surface area contributed by atoms with E-state index in [1.165, 1.54) is 20.9 Å². The van der Waals surface area contributed by atoms with Crippen molar-refractivity contribution in [1.29, 1.82) is 0 Å². The molecule has 6 rings (SSSR count). The van der Waals surface area contributed by atoms with Gasteiger partial charge in [-0.05, 0) is 66.6 Å². The third-order valence-corrected chi connectivity index (χ3v) is 8.51. The molecule has 0 aliphatic carbocycles. The Morgan fingerprint density at radius 2 is 1.31 bits per heavy atom. The largest absolute Gasteiger partial charge is 0.457 e. The lowest BCUT2D eigenvalue weighted by atomic mass is 10.1. The molecule has 0 fully saturated rings. The molecular formula is C29H24N2O2S2. The van der Waals surface area contributed by atoms with Crippen LogP contribution in [0.2, 0.25) is 0 Å². The third-order valence-electron chi connectivity index (χ3n) is 6.19. The topological polar surface area (TPSA) is 34.6 Å². The summed E-state index contributed by atoms with van der Waals surface area (Å²) in [6.07, 6.45) is 1.90. The molecule has 4 nitrogen and oxygen atoms in total. The molecule has 0 spiro atoms. The predicted octanol–water partition coefficient (Wildman–Crippen LogP) is 8.53. The van der Waals surface area contributed by atoms with Gasteiger partial charge in [-0.3, -0.25) is 4.90 Å². The number of hydrogen-bond acceptors (Lipinski definition) is 6. The maximum absolute atomic E-state index is 6.01. The molecule has 6 heteroatoms. The van der Waals surface area contributed by atoms with Gasteiger partial charge >= 0.3 is 0 Å². The van der Waals surface area contributed by atoms with Gasteiger partial charge in [-0.25, -0.2) is 4.98 Å². The van der Waals surface area contributed by atoms with Crippen molar-refractivity contribution in [1.82, 2.24) is 9.88 Å². The lowest BCUT2D eigenvalue weighted by Gasteiger charge is -2.22. The Morgan fingerprint density at radius 3 is 2.03 bits per heavy atom. The first-order valence-corrected chi connectivity index (χ1v) is 13.2. The Kier molecular flexibility index (Phi) is 6.08. The number of thiazole rings is 1. The Morgan fingerprint density at radius 1 is 0.686 bits per heavy atom. The van der Waals surface area contributed by atoms with Crippen molar-refractivity contribution in [3.63, 3.8) is 0 Å². The van der Waals surface area contributed by atoms with Crippen molar-refractivity contribution < 1.29 is 9.47 Å². The number of rotatable bonds is 7. The van der Waals surface area contributed by atoms with E-state index in [0.29, 0.717) is 11.2 Å². The van der Waals surface area contributed by atoms with Crippen LogP contribution in [-0.2, 0) is 13.1 Å². The van der Waals surface area contributed by atoms with E-state index in [2.05, 4.69) is 53.2 Å². The first-order valence-electron chi connectivity index (χ1n) is 11.6. The highest BCUT2D eigenvalue weighted by Gasteiger charge is 2.25. The van der Waals surface area contributed by atoms with Crippen LogP contribution in [0.1, 0.15) is 29.0 Å². The smallest absolute Gasteiger partial charge is 0.279 e. The molecule has 0 N–H and O–H groups in total. The maximum Gasteiger partial charge on any atom is 0.279 e. The summed E-state index contributed by atoms with van der Waals surface area (Å²) in [5.74, 6) is 2.31. The van der Waals surface area contributed by atoms with Crippen LogP contribution in [0, 0.1) is 0 Å². The number of hydrogen-bond donors (Lipinski definition) is 0. The van der Waals surface area contributed by atoms with E-state index in [-0.39, 0.29) is 0 Å². The van der Waals surface area contributed by atoms with Gasteiger partial charge in [0, 0.05) is 28.9 Å². The van der Waals surface area contributed by atoms with E-state index in [1.807, 2.05) is 72.1 Å². The number of ether oxygens (including phenoxy) is 2. The van der Waals surface area contributed by atoms with E-state index < -0.39 is 0 Å². The Labute approximate surface area is 213 Å². The predicted molar refractivity (Wildman–Crippen MR) is 143 cm³/mol. The van der Waals surface area contributed by atoms with Gasteiger partial charge < -0.3 is 9.47 Å². The van der Waals surface area contributed by atoms with Crippen LogP contribution in [0.15, 0.2) is 97.2 Å². The van der Waals surface area contributed by atoms with Crippen LogP contribution in [0.5, 0.6) is 22.4 Å². The molecule has 174 valence electrons. The first kappa shape index (κ1) is 22.0. The van der Waals surface area contributed by atoms with E-state index in [9.17, 15) is 0 Å². The molecule has 3 heterocycles. The standard InChI is InChI=1S/C29H24N2O2S2/c1-20(31-18-21-7-5-6-8-22(21)19-31)26-15-16-27(34-26)28-17-30-29(35-28)33-25-13-11-24(12-14-25)32-23-9-3-2-4-10-23/h2-17,20H,18-19H2,1H3. The fourth-order valence-electron chi connectivity index (χ4n) is 4.24. The zero-order chi connectivity index (χ0) is 23.6. The van der Waals surface area contributed by atoms with Gasteiger partial charge in [-0.2, -0.15) is 0 Å². The van der Waals surface area contributed by atoms with E-state index in [0.717, 1.165) is 35.2 Å². The van der Waals surface area contributed by atoms with Gasteiger partial charge in [0.15, 0.2) is 0 Å². The molecule has 0 saturated carbocycles. The third kappa shape index (κ3) is 4.86. The average molecular weight is 497 g/mol. The molecule has 3 aromatic carbocycles. The Hall–Kier alpha value is -3.45. The van der Waals surface area contributed by atoms with Gasteiger partial charge in [0.25, 0.3) is 5.19 Å². The molecule has 1 aliphatic rings. The fourth-order valence-corrected chi connectivity index (χ4v) is 6.20. The highest BCUT2D eigenvalue weighted by Crippen LogP contribution is 2.40. The number of benzene rings is 3. The second-order valence-corrected chi connectivity index (χ2v) is 10.6. The van der Waals surface area contributed by atoms with Gasteiger partial charge in [0.1, 0.15) is 17.2 Å². The summed E-state index contributed by atoms with van der Waals surface area (Å²) in [5, 5.41) is 0.634. The Balaban J connectivity index is 1.10. The molecule has 35 heavy (non-hydrogen) atoms. The van der Waals surface area contributed by atoms with E-state index in [1.54, 1.807) is 11.3 Å². The summed E-state index contributed by atoms with van der Waals surface area (Å²) in [7, 11) is 0. The molecule has 0 saturated heterocycles. The number of thiophene rings is 1. The second-order valence-electron chi connectivity index (χ2n) is 8.53. The number of para-hydroxylation sites is 1. The van der Waals surface area contributed by atoms with Crippen LogP contribution >= 0.6 is 22.7 Å². The highest BCUT2D eigenvalue weighted by atomic mass is 32.1. The SMILES string of the molecule is CC(c1ccc(-c2cnc(Oc3ccc(Oc4ccccc4)cc3)s2)s1)N1Cc2ccccc2C1. The van der Waals surface area contributed by atoms with Crippen LogP contribution in [0.3, 0.4) is 0 Å². The van der Waals surface area contributed by atoms with Gasteiger partial charge in [0.2, 0.25) is 0 Å². The van der Waals surface area contributed by atoms with E-state index >= 15 is 0 Å². The van der Waals surface area contributed by atoms with Gasteiger partial charge in [-0.1, -0.05) is 53.8 Å². The van der Waals surface area contributed by atoms with Crippen molar-refractivity contribution >= 4 is 22.7 Å². The number of aromatic nitrogens is 1. The lowest BCUT2D eigenvalue weighted by Crippen LogP contribution is -2.19. The van der Waals surface area contributed by atoms with Crippen molar-refractivity contribution in [3.8, 4) is 32.2 Å². The summed E-state index contributed by atoms with van der Waals surface area (Å²) < 4.78 is 11.9. The minimum atomic E-state index is 0.376. The quantitative estimate of drug-likeness (QED) is 0.226. The zero-order valence-corrected chi connectivity index (χ0v) is 20.9. The molecule has 0 amide bonds. The van der Waals surface area contributed by atoms with Crippen molar-refractivity contribution in [2.75, 3.05) is 0 Å². The monoisotopic (exact) mass is 496 g/mol. The van der Waals surface area contributed by atoms with Crippen molar-refractivity contribution in [2.45, 2.75) is 26.1 Å². The van der Waals surface area contributed by atoms with Crippen molar-refractivity contribution in [3.05, 3.63) is 113 Å². The van der Waals surface area contributed by atoms with Gasteiger partial charge in [0.05, 0.1) is 11.1 Å². The summed E-state index contributed by atoms with van der Waals surface area (Å²) in [4.78, 5) is 10.8. The number of nitrogens with zero attached hydrogens (tertiary/aromatic N) is 2. The Bertz CT molecular complexity index is 1400. The maximum atomic E-state index is 6.01. The fraction of sp³-hybridized carbons (Fsp3) is 0.138. The molecule has 2 aromatic heterocycles. The van der Waals surface area contributed by atoms with Crippen LogP contribution in [0.4, 0.5) is 0 Å². The van der Waals surface area contributed by atoms with Crippen LogP contribution < -0.4 is 9.47 Å². The molecule has 0 radical (unpaired) electrons. The van der Waals surface area contributed by atoms with Crippen LogP contribution in [-0.4, -0.2) is 9.88 Å². The molecule has 0 bridgehead atoms. The highest BCUT2D eigenvalue weighted by molar-refractivity contribution is 7.22. The summed E-state index contributed by atoms with van der Waals surface area (Å²) in [6, 6.07) is 30.9. The first-order chi connectivity index (χ1) is 17.2. The zero-order valence-electron chi connectivity index (χ0n) is 19.3. The normalized spacial score (nSPS) is 14.0. The molecule has 1 aliphatic heterocycles. The van der Waals surface area contributed by atoms with Crippen molar-refractivity contribution in [2.24, 2.45) is 0 Å². The average Bonchev–Trinajstić information content (AvgIpc) is 3.65. The summed E-state index contributed by atoms with van der Waals surface area (Å²) >= 11 is 3.41. The molecule has 1 unspecified atom stereocenters. The lowest BCUT2D eigenvalue weighted by molar-refractivity contribution is 0.218.